The van der Waals surface area contributed by atoms with Crippen LogP contribution in [0.1, 0.15) is 16.7 Å². The summed E-state index contributed by atoms with van der Waals surface area (Å²) in [5.41, 5.74) is 5.92. The van der Waals surface area contributed by atoms with E-state index < -0.39 is 0 Å². The normalized spacial score (nSPS) is 15.0. The van der Waals surface area contributed by atoms with E-state index in [0.29, 0.717) is 0 Å². The zero-order chi connectivity index (χ0) is 15.0. The molecule has 0 unspecified atom stereocenters. The second-order valence-corrected chi connectivity index (χ2v) is 5.55. The molecule has 0 aromatic heterocycles. The summed E-state index contributed by atoms with van der Waals surface area (Å²) >= 11 is 0. The molecule has 1 aliphatic rings. The number of hydrogen-bond acceptors (Lipinski definition) is 2. The molecule has 3 nitrogen and oxygen atoms in total. The van der Waals surface area contributed by atoms with Crippen molar-refractivity contribution in [3.8, 4) is 0 Å². The summed E-state index contributed by atoms with van der Waals surface area (Å²) in [4.78, 5) is 14.2. The van der Waals surface area contributed by atoms with Crippen LogP contribution < -0.4 is 10.2 Å². The molecule has 0 saturated carbocycles. The maximum absolute atomic E-state index is 12.1. The zero-order valence-electron chi connectivity index (χ0n) is 12.5. The monoisotopic (exact) mass is 278 g/mol. The third-order valence-corrected chi connectivity index (χ3v) is 3.68. The molecule has 1 amide bonds. The number of fused-ring (bicyclic) bond motifs is 1. The first-order valence-corrected chi connectivity index (χ1v) is 6.96. The van der Waals surface area contributed by atoms with Gasteiger partial charge in [-0.05, 0) is 42.8 Å². The molecule has 21 heavy (non-hydrogen) atoms. The predicted octanol–water partition coefficient (Wildman–Crippen LogP) is 3.55. The number of hydrogen-bond donors (Lipinski definition) is 1. The van der Waals surface area contributed by atoms with Crippen LogP contribution in [0.25, 0.3) is 11.6 Å². The molecule has 1 N–H and O–H groups in total. The van der Waals surface area contributed by atoms with Crippen LogP contribution >= 0.6 is 0 Å². The van der Waals surface area contributed by atoms with E-state index in [1.807, 2.05) is 57.4 Å². The number of carbonyl (C=O) groups excluding carboxylic acids is 1. The van der Waals surface area contributed by atoms with Crippen molar-refractivity contribution >= 4 is 28.9 Å². The second-order valence-electron chi connectivity index (χ2n) is 5.55. The molecule has 1 heterocycles. The van der Waals surface area contributed by atoms with E-state index >= 15 is 0 Å². The predicted molar refractivity (Wildman–Crippen MR) is 88.4 cm³/mol. The van der Waals surface area contributed by atoms with Crippen LogP contribution in [-0.2, 0) is 4.79 Å². The zero-order valence-corrected chi connectivity index (χ0v) is 12.5. The van der Waals surface area contributed by atoms with Crippen LogP contribution in [0.3, 0.4) is 0 Å². The van der Waals surface area contributed by atoms with Crippen LogP contribution in [0.5, 0.6) is 0 Å². The number of rotatable bonds is 2. The van der Waals surface area contributed by atoms with Gasteiger partial charge in [0.2, 0.25) is 0 Å². The quantitative estimate of drug-likeness (QED) is 0.852. The highest BCUT2D eigenvalue weighted by Crippen LogP contribution is 2.33. The fourth-order valence-corrected chi connectivity index (χ4v) is 2.48. The van der Waals surface area contributed by atoms with E-state index in [2.05, 4.69) is 22.3 Å². The molecule has 0 bridgehead atoms. The van der Waals surface area contributed by atoms with E-state index in [1.165, 1.54) is 0 Å². The number of anilines is 2. The van der Waals surface area contributed by atoms with Crippen LogP contribution in [0.2, 0.25) is 0 Å². The van der Waals surface area contributed by atoms with Gasteiger partial charge in [0.15, 0.2) is 0 Å². The summed E-state index contributed by atoms with van der Waals surface area (Å²) in [6, 6.07) is 14.2. The molecule has 106 valence electrons. The Bertz CT molecular complexity index is 727. The molecule has 0 saturated heterocycles. The Morgan fingerprint density at radius 1 is 1.05 bits per heavy atom. The Balaban J connectivity index is 2.00. The summed E-state index contributed by atoms with van der Waals surface area (Å²) in [6.45, 7) is 2.03. The summed E-state index contributed by atoms with van der Waals surface area (Å²) in [5.74, 6) is -0.0349. The lowest BCUT2D eigenvalue weighted by molar-refractivity contribution is -0.110. The van der Waals surface area contributed by atoms with Gasteiger partial charge in [0, 0.05) is 36.6 Å². The van der Waals surface area contributed by atoms with E-state index in [4.69, 9.17) is 0 Å². The largest absolute Gasteiger partial charge is 0.378 e. The Morgan fingerprint density at radius 3 is 2.43 bits per heavy atom. The van der Waals surface area contributed by atoms with E-state index in [1.54, 1.807) is 0 Å². The van der Waals surface area contributed by atoms with Crippen LogP contribution in [0.15, 0.2) is 42.5 Å². The topological polar surface area (TPSA) is 32.3 Å². The third-order valence-electron chi connectivity index (χ3n) is 3.68. The van der Waals surface area contributed by atoms with E-state index in [0.717, 1.165) is 33.6 Å². The molecular formula is C18H18N2O. The van der Waals surface area contributed by atoms with Gasteiger partial charge in [-0.2, -0.15) is 0 Å². The maximum Gasteiger partial charge on any atom is 0.256 e. The molecule has 2 aromatic carbocycles. The molecule has 0 aliphatic carbocycles. The number of benzene rings is 2. The van der Waals surface area contributed by atoms with Crippen molar-refractivity contribution in [2.75, 3.05) is 24.3 Å². The van der Waals surface area contributed by atoms with Gasteiger partial charge in [0.05, 0.1) is 0 Å². The summed E-state index contributed by atoms with van der Waals surface area (Å²) in [5, 5.41) is 2.91. The molecule has 0 atom stereocenters. The molecule has 3 heteroatoms. The smallest absolute Gasteiger partial charge is 0.256 e. The van der Waals surface area contributed by atoms with Crippen molar-refractivity contribution < 1.29 is 4.79 Å². The first-order chi connectivity index (χ1) is 10.0. The molecule has 3 rings (SSSR count). The van der Waals surface area contributed by atoms with E-state index in [9.17, 15) is 4.79 Å². The van der Waals surface area contributed by atoms with Crippen molar-refractivity contribution in [1.29, 1.82) is 0 Å². The Labute approximate surface area is 124 Å². The van der Waals surface area contributed by atoms with Gasteiger partial charge >= 0.3 is 0 Å². The minimum Gasteiger partial charge on any atom is -0.378 e. The minimum absolute atomic E-state index is 0.0349. The number of nitrogens with one attached hydrogen (secondary N) is 1. The highest BCUT2D eigenvalue weighted by molar-refractivity contribution is 6.34. The Morgan fingerprint density at radius 2 is 1.76 bits per heavy atom. The lowest BCUT2D eigenvalue weighted by Crippen LogP contribution is -2.08. The number of nitrogens with zero attached hydrogens (tertiary/aromatic N) is 1. The van der Waals surface area contributed by atoms with Crippen molar-refractivity contribution in [2.24, 2.45) is 0 Å². The summed E-state index contributed by atoms with van der Waals surface area (Å²) in [6.07, 6.45) is 1.94. The molecule has 2 aromatic rings. The number of amides is 1. The standard InChI is InChI=1S/C18H18N2O/c1-12-4-9-17-15(10-12)16(18(21)19-17)11-13-5-7-14(8-6-13)20(2)3/h4-11H,1-3H3,(H,19,21)/b16-11+. The molecule has 1 aliphatic heterocycles. The number of aryl methyl sites for hydroxylation is 1. The van der Waals surface area contributed by atoms with E-state index in [-0.39, 0.29) is 5.91 Å². The van der Waals surface area contributed by atoms with Crippen molar-refractivity contribution in [3.05, 3.63) is 59.2 Å². The highest BCUT2D eigenvalue weighted by Gasteiger charge is 2.23. The SMILES string of the molecule is Cc1ccc2c(c1)/C(=C\c1ccc(N(C)C)cc1)C(=O)N2. The highest BCUT2D eigenvalue weighted by atomic mass is 16.2. The van der Waals surface area contributed by atoms with Crippen molar-refractivity contribution in [2.45, 2.75) is 6.92 Å². The Kier molecular flexibility index (Phi) is 3.26. The van der Waals surface area contributed by atoms with Gasteiger partial charge < -0.3 is 10.2 Å². The average molecular weight is 278 g/mol. The maximum atomic E-state index is 12.1. The lowest BCUT2D eigenvalue weighted by atomic mass is 10.0. The van der Waals surface area contributed by atoms with Crippen molar-refractivity contribution in [1.82, 2.24) is 0 Å². The summed E-state index contributed by atoms with van der Waals surface area (Å²) < 4.78 is 0. The van der Waals surface area contributed by atoms with Gasteiger partial charge in [0.1, 0.15) is 0 Å². The average Bonchev–Trinajstić information content (AvgIpc) is 2.76. The van der Waals surface area contributed by atoms with Gasteiger partial charge in [-0.3, -0.25) is 4.79 Å². The minimum atomic E-state index is -0.0349. The molecule has 0 fully saturated rings. The van der Waals surface area contributed by atoms with Gasteiger partial charge in [-0.15, -0.1) is 0 Å². The molecular weight excluding hydrogens is 260 g/mol. The van der Waals surface area contributed by atoms with Gasteiger partial charge in [-0.1, -0.05) is 23.8 Å². The van der Waals surface area contributed by atoms with Gasteiger partial charge in [0.25, 0.3) is 5.91 Å². The third kappa shape index (κ3) is 2.55. The number of carbonyl (C=O) groups is 1. The molecule has 0 spiro atoms. The first-order valence-electron chi connectivity index (χ1n) is 6.96. The van der Waals surface area contributed by atoms with Gasteiger partial charge in [-0.25, -0.2) is 0 Å². The lowest BCUT2D eigenvalue weighted by Gasteiger charge is -2.12. The fourth-order valence-electron chi connectivity index (χ4n) is 2.48. The second kappa shape index (κ2) is 5.09. The fraction of sp³-hybridized carbons (Fsp3) is 0.167. The van der Waals surface area contributed by atoms with Crippen LogP contribution in [0, 0.1) is 6.92 Å². The van der Waals surface area contributed by atoms with Crippen molar-refractivity contribution in [3.63, 3.8) is 0 Å². The Hall–Kier alpha value is -2.55. The summed E-state index contributed by atoms with van der Waals surface area (Å²) in [7, 11) is 4.02. The van der Waals surface area contributed by atoms with Crippen LogP contribution in [-0.4, -0.2) is 20.0 Å². The van der Waals surface area contributed by atoms with Crippen LogP contribution in [0.4, 0.5) is 11.4 Å². The molecule has 0 radical (unpaired) electrons. The first kappa shape index (κ1) is 13.4.